The van der Waals surface area contributed by atoms with Gasteiger partial charge in [-0.3, -0.25) is 4.79 Å². The van der Waals surface area contributed by atoms with Crippen LogP contribution >= 0.6 is 12.2 Å². The Balaban J connectivity index is 2.19. The van der Waals surface area contributed by atoms with E-state index in [1.54, 1.807) is 12.1 Å². The van der Waals surface area contributed by atoms with E-state index in [0.717, 1.165) is 5.56 Å². The van der Waals surface area contributed by atoms with E-state index in [9.17, 15) is 9.90 Å². The highest BCUT2D eigenvalue weighted by atomic mass is 32.1. The number of carbonyl (C=O) groups is 1. The van der Waals surface area contributed by atoms with Crippen LogP contribution in [-0.4, -0.2) is 34.5 Å². The first-order chi connectivity index (χ1) is 11.6. The summed E-state index contributed by atoms with van der Waals surface area (Å²) in [5, 5.41) is 14.7. The minimum atomic E-state index is -0.851. The Hall–Kier alpha value is -2.24. The smallest absolute Gasteiger partial charge is 0.193 e. The molecule has 0 fully saturated rings. The predicted molar refractivity (Wildman–Crippen MR) is 98.1 cm³/mol. The van der Waals surface area contributed by atoms with Gasteiger partial charge < -0.3 is 15.3 Å². The van der Waals surface area contributed by atoms with Crippen molar-refractivity contribution in [3.05, 3.63) is 70.8 Å². The minimum Gasteiger partial charge on any atom is -0.386 e. The van der Waals surface area contributed by atoms with Gasteiger partial charge in [-0.15, -0.1) is 0 Å². The first-order valence-corrected chi connectivity index (χ1v) is 8.38. The van der Waals surface area contributed by atoms with E-state index in [1.165, 1.54) is 0 Å². The number of aliphatic hydroxyl groups excluding tert-OH is 1. The lowest BCUT2D eigenvalue weighted by molar-refractivity contribution is 0.0935. The Morgan fingerprint density at radius 3 is 2.29 bits per heavy atom. The summed E-state index contributed by atoms with van der Waals surface area (Å²) >= 11 is 5.43. The molecule has 24 heavy (non-hydrogen) atoms. The number of benzene rings is 2. The molecule has 5 heteroatoms. The second kappa shape index (κ2) is 6.71. The van der Waals surface area contributed by atoms with Crippen LogP contribution in [0.3, 0.4) is 0 Å². The Labute approximate surface area is 147 Å². The number of thiocarbonyl (C=S) groups is 1. The van der Waals surface area contributed by atoms with Crippen LogP contribution in [0.2, 0.25) is 0 Å². The molecule has 2 aromatic carbocycles. The summed E-state index contributed by atoms with van der Waals surface area (Å²) in [6.07, 6.45) is -0.851. The Morgan fingerprint density at radius 1 is 1.12 bits per heavy atom. The summed E-state index contributed by atoms with van der Waals surface area (Å²) < 4.78 is 0. The number of hydrogen-bond donors (Lipinski definition) is 2. The quantitative estimate of drug-likeness (QED) is 0.824. The molecule has 0 aliphatic heterocycles. The van der Waals surface area contributed by atoms with Gasteiger partial charge in [0, 0.05) is 24.7 Å². The largest absolute Gasteiger partial charge is 0.386 e. The summed E-state index contributed by atoms with van der Waals surface area (Å²) in [6, 6.07) is 14.2. The highest BCUT2D eigenvalue weighted by Gasteiger charge is 2.36. The van der Waals surface area contributed by atoms with Crippen LogP contribution in [-0.2, 0) is 0 Å². The van der Waals surface area contributed by atoms with E-state index in [-0.39, 0.29) is 5.78 Å². The number of ketones is 1. The summed E-state index contributed by atoms with van der Waals surface area (Å²) in [5.41, 5.74) is 2.57. The van der Waals surface area contributed by atoms with Gasteiger partial charge in [0.25, 0.3) is 0 Å². The number of hydrogen-bond acceptors (Lipinski definition) is 3. The topological polar surface area (TPSA) is 52.6 Å². The van der Waals surface area contributed by atoms with Crippen molar-refractivity contribution in [2.24, 2.45) is 0 Å². The van der Waals surface area contributed by atoms with Crippen molar-refractivity contribution in [3.63, 3.8) is 0 Å². The molecule has 0 saturated carbocycles. The molecule has 0 aromatic heterocycles. The molecule has 2 N–H and O–H groups in total. The molecule has 0 amide bonds. The third-order valence-electron chi connectivity index (χ3n) is 4.41. The maximum Gasteiger partial charge on any atom is 0.193 e. The fourth-order valence-corrected chi connectivity index (χ4v) is 3.49. The van der Waals surface area contributed by atoms with Crippen molar-refractivity contribution < 1.29 is 9.90 Å². The van der Waals surface area contributed by atoms with Gasteiger partial charge in [-0.2, -0.15) is 0 Å². The van der Waals surface area contributed by atoms with Crippen LogP contribution in [0.4, 0.5) is 0 Å². The average molecular weight is 340 g/mol. The first kappa shape index (κ1) is 16.6. The molecule has 124 valence electrons. The molecule has 0 spiro atoms. The zero-order valence-electron chi connectivity index (χ0n) is 13.7. The molecule has 1 aliphatic carbocycles. The zero-order valence-corrected chi connectivity index (χ0v) is 14.5. The molecular formula is C19H20N2O2S. The first-order valence-electron chi connectivity index (χ1n) is 7.97. The molecule has 0 unspecified atom stereocenters. The van der Waals surface area contributed by atoms with Crippen molar-refractivity contribution in [1.29, 1.82) is 0 Å². The van der Waals surface area contributed by atoms with Gasteiger partial charge in [-0.05, 0) is 30.3 Å². The molecular weight excluding hydrogens is 320 g/mol. The van der Waals surface area contributed by atoms with Gasteiger partial charge in [0.15, 0.2) is 10.9 Å². The third kappa shape index (κ3) is 2.70. The van der Waals surface area contributed by atoms with Gasteiger partial charge in [-0.1, -0.05) is 48.5 Å². The van der Waals surface area contributed by atoms with E-state index >= 15 is 0 Å². The summed E-state index contributed by atoms with van der Waals surface area (Å²) in [5.74, 6) is -0.0643. The van der Waals surface area contributed by atoms with Crippen molar-refractivity contribution in [1.82, 2.24) is 10.2 Å². The fourth-order valence-electron chi connectivity index (χ4n) is 3.23. The van der Waals surface area contributed by atoms with Crippen molar-refractivity contribution in [3.8, 4) is 0 Å². The molecule has 0 bridgehead atoms. The van der Waals surface area contributed by atoms with Crippen molar-refractivity contribution >= 4 is 23.1 Å². The predicted octanol–water partition coefficient (Wildman–Crippen LogP) is 2.83. The number of fused-ring (bicyclic) bond motifs is 2. The molecule has 4 nitrogen and oxygen atoms in total. The lowest BCUT2D eigenvalue weighted by Crippen LogP contribution is -2.41. The van der Waals surface area contributed by atoms with Crippen LogP contribution in [0.5, 0.6) is 0 Å². The molecule has 3 rings (SSSR count). The molecule has 0 saturated heterocycles. The monoisotopic (exact) mass is 340 g/mol. The summed E-state index contributed by atoms with van der Waals surface area (Å²) in [4.78, 5) is 14.8. The van der Waals surface area contributed by atoms with E-state index < -0.39 is 12.1 Å². The molecule has 2 aromatic rings. The Bertz CT molecular complexity index is 790. The fraction of sp³-hybridized carbons (Fsp3) is 0.263. The second-order valence-electron chi connectivity index (χ2n) is 5.84. The number of rotatable bonds is 2. The highest BCUT2D eigenvalue weighted by Crippen LogP contribution is 2.40. The maximum atomic E-state index is 13.0. The molecule has 0 heterocycles. The standard InChI is InChI=1S/C19H20N2O2S/c1-3-20-19(24)21(2)16-12-8-4-5-9-13(12)17(22)14-10-6-7-11-15(14)18(16)23/h4-11,16,18,23H,3H2,1-2H3,(H,20,24)/t16-,18-/m1/s1. The maximum absolute atomic E-state index is 13.0. The summed E-state index contributed by atoms with van der Waals surface area (Å²) in [7, 11) is 1.84. The minimum absolute atomic E-state index is 0.0643. The normalized spacial score (nSPS) is 19.0. The number of carbonyl (C=O) groups excluding carboxylic acids is 1. The lowest BCUT2D eigenvalue weighted by Gasteiger charge is -2.34. The van der Waals surface area contributed by atoms with Crippen LogP contribution in [0, 0.1) is 0 Å². The van der Waals surface area contributed by atoms with Gasteiger partial charge in [0.1, 0.15) is 6.10 Å². The average Bonchev–Trinajstić information content (AvgIpc) is 2.70. The SMILES string of the molecule is CCNC(=S)N(C)[C@@H]1c2ccccc2C(=O)c2ccccc2[C@H]1O. The van der Waals surface area contributed by atoms with Gasteiger partial charge in [0.05, 0.1) is 6.04 Å². The number of aliphatic hydroxyl groups is 1. The molecule has 0 radical (unpaired) electrons. The van der Waals surface area contributed by atoms with Crippen molar-refractivity contribution in [2.45, 2.75) is 19.1 Å². The van der Waals surface area contributed by atoms with Gasteiger partial charge >= 0.3 is 0 Å². The number of likely N-dealkylation sites (N-methyl/N-ethyl adjacent to an activating group) is 1. The second-order valence-corrected chi connectivity index (χ2v) is 6.23. The van der Waals surface area contributed by atoms with E-state index in [4.69, 9.17) is 12.2 Å². The van der Waals surface area contributed by atoms with Crippen LogP contribution < -0.4 is 5.32 Å². The van der Waals surface area contributed by atoms with Crippen molar-refractivity contribution in [2.75, 3.05) is 13.6 Å². The molecule has 2 atom stereocenters. The Kier molecular flexibility index (Phi) is 4.64. The summed E-state index contributed by atoms with van der Waals surface area (Å²) in [6.45, 7) is 2.67. The van der Waals surface area contributed by atoms with Crippen LogP contribution in [0.15, 0.2) is 48.5 Å². The number of nitrogens with one attached hydrogen (secondary N) is 1. The lowest BCUT2D eigenvalue weighted by atomic mass is 9.95. The van der Waals surface area contributed by atoms with Gasteiger partial charge in [-0.25, -0.2) is 0 Å². The van der Waals surface area contributed by atoms with Crippen LogP contribution in [0.25, 0.3) is 0 Å². The van der Waals surface area contributed by atoms with E-state index in [0.29, 0.717) is 28.3 Å². The number of nitrogens with zero attached hydrogens (tertiary/aromatic N) is 1. The van der Waals surface area contributed by atoms with E-state index in [1.807, 2.05) is 55.3 Å². The highest BCUT2D eigenvalue weighted by molar-refractivity contribution is 7.80. The van der Waals surface area contributed by atoms with E-state index in [2.05, 4.69) is 5.32 Å². The van der Waals surface area contributed by atoms with Gasteiger partial charge in [0.2, 0.25) is 0 Å². The molecule has 1 aliphatic rings. The third-order valence-corrected chi connectivity index (χ3v) is 4.85. The Morgan fingerprint density at radius 2 is 1.67 bits per heavy atom. The zero-order chi connectivity index (χ0) is 17.3. The van der Waals surface area contributed by atoms with Crippen LogP contribution in [0.1, 0.15) is 46.1 Å².